The molecule has 1 heterocycles. The van der Waals surface area contributed by atoms with E-state index in [0.29, 0.717) is 12.2 Å². The Labute approximate surface area is 81.3 Å². The molecule has 0 radical (unpaired) electrons. The molecule has 2 rings (SSSR count). The number of hydrogen-bond acceptors (Lipinski definition) is 2. The Balaban J connectivity index is 2.65. The Bertz CT molecular complexity index is 462. The standard InChI is InChI=1S/C10H12FN3/c1-7-9-6-8(12)2-3-10(9)14(13-7)5-4-11/h2-3,6H,4-5,12H2,1H3. The van der Waals surface area contributed by atoms with E-state index in [4.69, 9.17) is 5.73 Å². The fourth-order valence-corrected chi connectivity index (χ4v) is 1.61. The van der Waals surface area contributed by atoms with Crippen LogP contribution in [-0.4, -0.2) is 16.5 Å². The third kappa shape index (κ3) is 1.32. The van der Waals surface area contributed by atoms with Crippen molar-refractivity contribution in [2.75, 3.05) is 12.4 Å². The molecule has 74 valence electrons. The van der Waals surface area contributed by atoms with Gasteiger partial charge in [-0.25, -0.2) is 4.39 Å². The molecule has 0 amide bonds. The van der Waals surface area contributed by atoms with Gasteiger partial charge in [-0.1, -0.05) is 0 Å². The topological polar surface area (TPSA) is 43.8 Å². The van der Waals surface area contributed by atoms with E-state index in [-0.39, 0.29) is 0 Å². The summed E-state index contributed by atoms with van der Waals surface area (Å²) in [5.74, 6) is 0. The number of nitrogens with zero attached hydrogens (tertiary/aromatic N) is 2. The molecule has 2 aromatic rings. The first-order chi connectivity index (χ1) is 6.72. The smallest absolute Gasteiger partial charge is 0.109 e. The van der Waals surface area contributed by atoms with Crippen molar-refractivity contribution < 1.29 is 4.39 Å². The highest BCUT2D eigenvalue weighted by Gasteiger charge is 2.06. The largest absolute Gasteiger partial charge is 0.399 e. The number of benzene rings is 1. The average Bonchev–Trinajstić information content (AvgIpc) is 2.44. The third-order valence-corrected chi connectivity index (χ3v) is 2.26. The fourth-order valence-electron chi connectivity index (χ4n) is 1.61. The van der Waals surface area contributed by atoms with Gasteiger partial charge >= 0.3 is 0 Å². The SMILES string of the molecule is Cc1nn(CCF)c2ccc(N)cc12. The molecule has 0 aliphatic carbocycles. The van der Waals surface area contributed by atoms with E-state index < -0.39 is 6.67 Å². The zero-order valence-corrected chi connectivity index (χ0v) is 8.00. The molecule has 0 spiro atoms. The lowest BCUT2D eigenvalue weighted by Gasteiger charge is -1.99. The van der Waals surface area contributed by atoms with E-state index in [1.807, 2.05) is 19.1 Å². The van der Waals surface area contributed by atoms with Crippen molar-refractivity contribution in [1.29, 1.82) is 0 Å². The van der Waals surface area contributed by atoms with Crippen LogP contribution in [0.1, 0.15) is 5.69 Å². The summed E-state index contributed by atoms with van der Waals surface area (Å²) >= 11 is 0. The third-order valence-electron chi connectivity index (χ3n) is 2.26. The number of halogens is 1. The van der Waals surface area contributed by atoms with Crippen molar-refractivity contribution in [2.24, 2.45) is 0 Å². The molecule has 0 unspecified atom stereocenters. The Morgan fingerprint density at radius 1 is 1.50 bits per heavy atom. The minimum atomic E-state index is -0.402. The molecule has 0 aliphatic heterocycles. The van der Waals surface area contributed by atoms with Gasteiger partial charge in [0.1, 0.15) is 6.67 Å². The van der Waals surface area contributed by atoms with E-state index in [9.17, 15) is 4.39 Å². The van der Waals surface area contributed by atoms with E-state index in [0.717, 1.165) is 16.6 Å². The van der Waals surface area contributed by atoms with Crippen LogP contribution < -0.4 is 5.73 Å². The molecule has 0 bridgehead atoms. The Morgan fingerprint density at radius 3 is 3.00 bits per heavy atom. The van der Waals surface area contributed by atoms with Crippen molar-refractivity contribution in [1.82, 2.24) is 9.78 Å². The molecule has 2 N–H and O–H groups in total. The van der Waals surface area contributed by atoms with Gasteiger partial charge in [-0.15, -0.1) is 0 Å². The average molecular weight is 193 g/mol. The van der Waals surface area contributed by atoms with Gasteiger partial charge in [-0.05, 0) is 25.1 Å². The number of nitrogen functional groups attached to an aromatic ring is 1. The van der Waals surface area contributed by atoms with E-state index >= 15 is 0 Å². The number of rotatable bonds is 2. The molecular weight excluding hydrogens is 181 g/mol. The van der Waals surface area contributed by atoms with Crippen LogP contribution in [0.4, 0.5) is 10.1 Å². The monoisotopic (exact) mass is 193 g/mol. The Morgan fingerprint density at radius 2 is 2.29 bits per heavy atom. The predicted molar refractivity (Wildman–Crippen MR) is 54.9 cm³/mol. The molecule has 4 heteroatoms. The zero-order chi connectivity index (χ0) is 10.1. The fraction of sp³-hybridized carbons (Fsp3) is 0.300. The van der Waals surface area contributed by atoms with Gasteiger partial charge in [0.25, 0.3) is 0 Å². The number of fused-ring (bicyclic) bond motifs is 1. The number of aromatic nitrogens is 2. The van der Waals surface area contributed by atoms with Crippen molar-refractivity contribution in [3.8, 4) is 0 Å². The Hall–Kier alpha value is -1.58. The summed E-state index contributed by atoms with van der Waals surface area (Å²) in [6.45, 7) is 1.80. The van der Waals surface area contributed by atoms with Crippen molar-refractivity contribution in [2.45, 2.75) is 13.5 Å². The zero-order valence-electron chi connectivity index (χ0n) is 8.00. The number of hydrogen-bond donors (Lipinski definition) is 1. The molecule has 14 heavy (non-hydrogen) atoms. The summed E-state index contributed by atoms with van der Waals surface area (Å²) in [7, 11) is 0. The van der Waals surface area contributed by atoms with E-state index in [2.05, 4.69) is 5.10 Å². The molecular formula is C10H12FN3. The summed E-state index contributed by atoms with van der Waals surface area (Å²) in [5.41, 5.74) is 8.20. The van der Waals surface area contributed by atoms with Gasteiger partial charge in [0.15, 0.2) is 0 Å². The molecule has 0 fully saturated rings. The molecule has 0 atom stereocenters. The summed E-state index contributed by atoms with van der Waals surface area (Å²) in [5, 5.41) is 5.24. The number of anilines is 1. The summed E-state index contributed by atoms with van der Waals surface area (Å²) in [6.07, 6.45) is 0. The molecule has 1 aromatic heterocycles. The second-order valence-electron chi connectivity index (χ2n) is 3.27. The van der Waals surface area contributed by atoms with Crippen LogP contribution in [0.3, 0.4) is 0 Å². The minimum Gasteiger partial charge on any atom is -0.399 e. The van der Waals surface area contributed by atoms with Gasteiger partial charge < -0.3 is 5.73 Å². The first-order valence-electron chi connectivity index (χ1n) is 4.51. The van der Waals surface area contributed by atoms with Crippen LogP contribution in [-0.2, 0) is 6.54 Å². The highest BCUT2D eigenvalue weighted by molar-refractivity contribution is 5.84. The first kappa shape index (κ1) is 8.99. The van der Waals surface area contributed by atoms with Crippen molar-refractivity contribution in [3.05, 3.63) is 23.9 Å². The van der Waals surface area contributed by atoms with Gasteiger partial charge in [0.05, 0.1) is 17.8 Å². The lowest BCUT2D eigenvalue weighted by atomic mass is 10.2. The summed E-state index contributed by atoms with van der Waals surface area (Å²) < 4.78 is 13.9. The maximum Gasteiger partial charge on any atom is 0.109 e. The van der Waals surface area contributed by atoms with Crippen molar-refractivity contribution >= 4 is 16.6 Å². The first-order valence-corrected chi connectivity index (χ1v) is 4.51. The van der Waals surface area contributed by atoms with Crippen LogP contribution in [0.2, 0.25) is 0 Å². The summed E-state index contributed by atoms with van der Waals surface area (Å²) in [4.78, 5) is 0. The van der Waals surface area contributed by atoms with Gasteiger partial charge in [0.2, 0.25) is 0 Å². The van der Waals surface area contributed by atoms with Crippen LogP contribution in [0.15, 0.2) is 18.2 Å². The molecule has 3 nitrogen and oxygen atoms in total. The molecule has 0 saturated heterocycles. The second-order valence-corrected chi connectivity index (χ2v) is 3.27. The number of aryl methyl sites for hydroxylation is 2. The lowest BCUT2D eigenvalue weighted by Crippen LogP contribution is -2.01. The maximum absolute atomic E-state index is 12.2. The maximum atomic E-state index is 12.2. The highest BCUT2D eigenvalue weighted by atomic mass is 19.1. The lowest BCUT2D eigenvalue weighted by molar-refractivity contribution is 0.432. The number of alkyl halides is 1. The van der Waals surface area contributed by atoms with Gasteiger partial charge in [-0.3, -0.25) is 4.68 Å². The molecule has 1 aromatic carbocycles. The molecule has 0 aliphatic rings. The highest BCUT2D eigenvalue weighted by Crippen LogP contribution is 2.20. The van der Waals surface area contributed by atoms with Crippen LogP contribution in [0.5, 0.6) is 0 Å². The van der Waals surface area contributed by atoms with Crippen molar-refractivity contribution in [3.63, 3.8) is 0 Å². The van der Waals surface area contributed by atoms with Crippen LogP contribution >= 0.6 is 0 Å². The van der Waals surface area contributed by atoms with E-state index in [1.165, 1.54) is 0 Å². The predicted octanol–water partition coefficient (Wildman–Crippen LogP) is 1.90. The summed E-state index contributed by atoms with van der Waals surface area (Å²) in [6, 6.07) is 5.55. The normalized spacial score (nSPS) is 11.0. The van der Waals surface area contributed by atoms with Crippen LogP contribution in [0.25, 0.3) is 10.9 Å². The quantitative estimate of drug-likeness (QED) is 0.740. The molecule has 0 saturated carbocycles. The Kier molecular flexibility index (Phi) is 2.11. The van der Waals surface area contributed by atoms with E-state index in [1.54, 1.807) is 10.7 Å². The second kappa shape index (κ2) is 3.29. The number of nitrogens with two attached hydrogens (primary N) is 1. The van der Waals surface area contributed by atoms with Gasteiger partial charge in [-0.2, -0.15) is 5.10 Å². The minimum absolute atomic E-state index is 0.300. The van der Waals surface area contributed by atoms with Crippen LogP contribution in [0, 0.1) is 6.92 Å². The van der Waals surface area contributed by atoms with Gasteiger partial charge in [0, 0.05) is 11.1 Å².